The lowest BCUT2D eigenvalue weighted by atomic mass is 10.00. The summed E-state index contributed by atoms with van der Waals surface area (Å²) in [6.07, 6.45) is -1.66. The van der Waals surface area contributed by atoms with Crippen molar-refractivity contribution in [2.24, 2.45) is 0 Å². The highest BCUT2D eigenvalue weighted by Crippen LogP contribution is 2.26. The third-order valence-electron chi connectivity index (χ3n) is 7.30. The molecular formula is C29H36FN5O6. The summed E-state index contributed by atoms with van der Waals surface area (Å²) in [6.45, 7) is 4.31. The van der Waals surface area contributed by atoms with Crippen LogP contribution in [-0.2, 0) is 27.2 Å². The second-order valence-electron chi connectivity index (χ2n) is 10.3. The smallest absolute Gasteiger partial charge is 0.408 e. The molecule has 0 spiro atoms. The SMILES string of the molecule is COCCN(C)CCn1c(=O)oc2ccc(-c3ccc(CC(C#N)NC(=O)C4CNC(C)C(O)CO4)c(F)c3)cc21. The number of likely N-dealkylation sites (N-methyl/N-ethyl adjacent to an activating group) is 1. The Morgan fingerprint density at radius 3 is 2.80 bits per heavy atom. The Kier molecular flexibility index (Phi) is 10.3. The molecule has 2 heterocycles. The number of aliphatic hydroxyl groups excluding tert-OH is 1. The van der Waals surface area contributed by atoms with Crippen molar-refractivity contribution in [3.63, 3.8) is 0 Å². The van der Waals surface area contributed by atoms with E-state index in [1.54, 1.807) is 48.9 Å². The van der Waals surface area contributed by atoms with Gasteiger partial charge in [0, 0.05) is 45.8 Å². The zero-order valence-electron chi connectivity index (χ0n) is 23.4. The fraction of sp³-hybridized carbons (Fsp3) is 0.483. The van der Waals surface area contributed by atoms with E-state index < -0.39 is 35.7 Å². The van der Waals surface area contributed by atoms with E-state index in [-0.39, 0.29) is 31.2 Å². The predicted molar refractivity (Wildman–Crippen MR) is 150 cm³/mol. The van der Waals surface area contributed by atoms with Crippen LogP contribution in [0.1, 0.15) is 12.5 Å². The van der Waals surface area contributed by atoms with Gasteiger partial charge in [-0.2, -0.15) is 5.26 Å². The number of carbonyl (C=O) groups is 1. The number of oxazole rings is 1. The zero-order chi connectivity index (χ0) is 29.5. The highest BCUT2D eigenvalue weighted by Gasteiger charge is 2.29. The van der Waals surface area contributed by atoms with Gasteiger partial charge in [0.15, 0.2) is 5.58 Å². The van der Waals surface area contributed by atoms with Crippen LogP contribution in [0.25, 0.3) is 22.2 Å². The van der Waals surface area contributed by atoms with E-state index in [1.165, 1.54) is 6.07 Å². The van der Waals surface area contributed by atoms with E-state index in [4.69, 9.17) is 13.9 Å². The Hall–Kier alpha value is -3.60. The van der Waals surface area contributed by atoms with Crippen molar-refractivity contribution >= 4 is 17.0 Å². The minimum absolute atomic E-state index is 0.00820. The van der Waals surface area contributed by atoms with Gasteiger partial charge in [-0.3, -0.25) is 9.36 Å². The van der Waals surface area contributed by atoms with Gasteiger partial charge < -0.3 is 34.5 Å². The van der Waals surface area contributed by atoms with Crippen LogP contribution < -0.4 is 16.4 Å². The molecule has 1 aromatic heterocycles. The largest absolute Gasteiger partial charge is 0.419 e. The summed E-state index contributed by atoms with van der Waals surface area (Å²) >= 11 is 0. The van der Waals surface area contributed by atoms with Crippen LogP contribution >= 0.6 is 0 Å². The summed E-state index contributed by atoms with van der Waals surface area (Å²) in [5.41, 5.74) is 2.62. The Bertz CT molecular complexity index is 1440. The third-order valence-corrected chi connectivity index (χ3v) is 7.30. The van der Waals surface area contributed by atoms with Gasteiger partial charge in [-0.25, -0.2) is 9.18 Å². The number of rotatable bonds is 11. The Morgan fingerprint density at radius 1 is 1.32 bits per heavy atom. The molecule has 1 aliphatic heterocycles. The lowest BCUT2D eigenvalue weighted by Gasteiger charge is -2.18. The quantitative estimate of drug-likeness (QED) is 0.311. The number of nitrogens with zero attached hydrogens (tertiary/aromatic N) is 3. The molecule has 1 saturated heterocycles. The van der Waals surface area contributed by atoms with E-state index in [9.17, 15) is 20.0 Å². The summed E-state index contributed by atoms with van der Waals surface area (Å²) in [7, 11) is 3.58. The van der Waals surface area contributed by atoms with Crippen LogP contribution in [0.3, 0.4) is 0 Å². The second kappa shape index (κ2) is 13.8. The number of ether oxygens (including phenoxy) is 2. The molecule has 1 amide bonds. The average Bonchev–Trinajstić information content (AvgIpc) is 3.17. The van der Waals surface area contributed by atoms with Gasteiger partial charge in [-0.05, 0) is 48.9 Å². The van der Waals surface area contributed by atoms with Gasteiger partial charge in [0.05, 0.1) is 30.9 Å². The van der Waals surface area contributed by atoms with Crippen LogP contribution in [0, 0.1) is 17.1 Å². The first-order chi connectivity index (χ1) is 19.7. The van der Waals surface area contributed by atoms with Crippen LogP contribution in [0.2, 0.25) is 0 Å². The Morgan fingerprint density at radius 2 is 2.07 bits per heavy atom. The topological polar surface area (TPSA) is 142 Å². The Labute approximate surface area is 237 Å². The van der Waals surface area contributed by atoms with E-state index >= 15 is 4.39 Å². The zero-order valence-corrected chi connectivity index (χ0v) is 23.4. The van der Waals surface area contributed by atoms with Gasteiger partial charge in [0.1, 0.15) is 18.0 Å². The number of methoxy groups -OCH3 is 1. The monoisotopic (exact) mass is 569 g/mol. The maximum atomic E-state index is 15.2. The molecule has 3 N–H and O–H groups in total. The molecule has 0 radical (unpaired) electrons. The first-order valence-corrected chi connectivity index (χ1v) is 13.5. The number of hydrogen-bond donors (Lipinski definition) is 3. The fourth-order valence-electron chi connectivity index (χ4n) is 4.60. The molecule has 3 aromatic rings. The average molecular weight is 570 g/mol. The van der Waals surface area contributed by atoms with Crippen molar-refractivity contribution in [3.8, 4) is 17.2 Å². The normalized spacial score (nSPS) is 20.1. The minimum atomic E-state index is -0.976. The standard InChI is InChI=1S/C29H36FN5O6/c1-18-25(36)17-40-27(16-32-18)28(37)33-22(15-31)12-21-5-4-19(13-23(21)30)20-6-7-26-24(14-20)35(29(38)41-26)9-8-34(2)10-11-39-3/h4-7,13-14,18,22,25,27,32,36H,8-12,16-17H2,1-3H3,(H,33,37). The molecule has 0 aliphatic carbocycles. The van der Waals surface area contributed by atoms with Crippen LogP contribution in [0.4, 0.5) is 4.39 Å². The molecule has 41 heavy (non-hydrogen) atoms. The van der Waals surface area contributed by atoms with Crippen molar-refractivity contribution in [2.45, 2.75) is 44.2 Å². The molecule has 2 aromatic carbocycles. The van der Waals surface area contributed by atoms with Gasteiger partial charge in [0.25, 0.3) is 5.91 Å². The van der Waals surface area contributed by atoms with Crippen LogP contribution in [0.15, 0.2) is 45.6 Å². The Balaban J connectivity index is 1.45. The maximum absolute atomic E-state index is 15.2. The molecular weight excluding hydrogens is 533 g/mol. The molecule has 11 nitrogen and oxygen atoms in total. The van der Waals surface area contributed by atoms with E-state index in [0.717, 1.165) is 6.54 Å². The lowest BCUT2D eigenvalue weighted by molar-refractivity contribution is -0.133. The van der Waals surface area contributed by atoms with Gasteiger partial charge in [-0.15, -0.1) is 0 Å². The molecule has 0 saturated carbocycles. The summed E-state index contributed by atoms with van der Waals surface area (Å²) in [5.74, 6) is -1.49. The molecule has 4 atom stereocenters. The molecule has 1 aliphatic rings. The number of benzene rings is 2. The first-order valence-electron chi connectivity index (χ1n) is 13.5. The molecule has 220 valence electrons. The number of aromatic nitrogens is 1. The summed E-state index contributed by atoms with van der Waals surface area (Å²) in [4.78, 5) is 27.2. The highest BCUT2D eigenvalue weighted by molar-refractivity contribution is 5.82. The number of aliphatic hydroxyl groups is 1. The van der Waals surface area contributed by atoms with Crippen molar-refractivity contribution in [3.05, 3.63) is 58.3 Å². The first kappa shape index (κ1) is 30.4. The number of halogens is 1. The minimum Gasteiger partial charge on any atom is -0.408 e. The van der Waals surface area contributed by atoms with Crippen molar-refractivity contribution in [1.82, 2.24) is 20.1 Å². The van der Waals surface area contributed by atoms with Crippen molar-refractivity contribution < 1.29 is 28.2 Å². The van der Waals surface area contributed by atoms with Gasteiger partial charge >= 0.3 is 5.76 Å². The summed E-state index contributed by atoms with van der Waals surface area (Å²) in [6, 6.07) is 10.7. The third kappa shape index (κ3) is 7.58. The number of amides is 1. The number of carbonyl (C=O) groups excluding carboxylic acids is 1. The summed E-state index contributed by atoms with van der Waals surface area (Å²) in [5, 5.41) is 25.2. The van der Waals surface area contributed by atoms with E-state index in [1.807, 2.05) is 13.1 Å². The number of nitrogens with one attached hydrogen (secondary N) is 2. The summed E-state index contributed by atoms with van der Waals surface area (Å²) < 4.78 is 32.7. The fourth-order valence-corrected chi connectivity index (χ4v) is 4.60. The van der Waals surface area contributed by atoms with Gasteiger partial charge in [-0.1, -0.05) is 18.2 Å². The number of hydrogen-bond acceptors (Lipinski definition) is 9. The predicted octanol–water partition coefficient (Wildman–Crippen LogP) is 1.27. The van der Waals surface area contributed by atoms with Crippen LogP contribution in [0.5, 0.6) is 0 Å². The molecule has 12 heteroatoms. The van der Waals surface area contributed by atoms with Gasteiger partial charge in [0.2, 0.25) is 0 Å². The van der Waals surface area contributed by atoms with E-state index in [0.29, 0.717) is 41.9 Å². The van der Waals surface area contributed by atoms with E-state index in [2.05, 4.69) is 15.5 Å². The van der Waals surface area contributed by atoms with Crippen molar-refractivity contribution in [1.29, 1.82) is 5.26 Å². The molecule has 4 unspecified atom stereocenters. The van der Waals surface area contributed by atoms with Crippen LogP contribution in [-0.4, -0.2) is 91.8 Å². The molecule has 1 fully saturated rings. The highest BCUT2D eigenvalue weighted by atomic mass is 19.1. The second-order valence-corrected chi connectivity index (χ2v) is 10.3. The number of fused-ring (bicyclic) bond motifs is 1. The van der Waals surface area contributed by atoms with Crippen molar-refractivity contribution in [2.75, 3.05) is 47.0 Å². The lowest BCUT2D eigenvalue weighted by Crippen LogP contribution is -2.46. The molecule has 0 bridgehead atoms. The maximum Gasteiger partial charge on any atom is 0.419 e. The number of nitriles is 1. The molecule has 4 rings (SSSR count).